The molecule has 0 N–H and O–H groups in total. The summed E-state index contributed by atoms with van der Waals surface area (Å²) in [6, 6.07) is 25.8. The first-order valence-electron chi connectivity index (χ1n) is 8.87. The molecule has 1 heterocycles. The van der Waals surface area contributed by atoms with E-state index in [9.17, 15) is 10.1 Å². The Morgan fingerprint density at radius 1 is 0.778 bits per heavy atom. The van der Waals surface area contributed by atoms with E-state index in [0.29, 0.717) is 0 Å². The van der Waals surface area contributed by atoms with Crippen molar-refractivity contribution in [2.75, 3.05) is 0 Å². The van der Waals surface area contributed by atoms with E-state index in [1.165, 1.54) is 21.9 Å². The van der Waals surface area contributed by atoms with Crippen LogP contribution in [0.2, 0.25) is 0 Å². The molecule has 1 aromatic heterocycles. The summed E-state index contributed by atoms with van der Waals surface area (Å²) in [6.45, 7) is 0.819. The van der Waals surface area contributed by atoms with Crippen LogP contribution in [-0.4, -0.2) is 4.92 Å². The zero-order valence-corrected chi connectivity index (χ0v) is 14.8. The van der Waals surface area contributed by atoms with Crippen molar-refractivity contribution in [3.63, 3.8) is 0 Å². The van der Waals surface area contributed by atoms with Gasteiger partial charge in [0.2, 0.25) is 0 Å². The normalized spacial score (nSPS) is 10.8. The van der Waals surface area contributed by atoms with E-state index in [0.717, 1.165) is 18.5 Å². The molecule has 0 saturated heterocycles. The molecule has 0 aliphatic rings. The predicted molar refractivity (Wildman–Crippen MR) is 106 cm³/mol. The smallest absolute Gasteiger partial charge is 0.258 e. The maximum Gasteiger partial charge on any atom is 0.269 e. The van der Waals surface area contributed by atoms with Gasteiger partial charge in [-0.1, -0.05) is 54.6 Å². The average molecular weight is 355 g/mol. The van der Waals surface area contributed by atoms with Crippen LogP contribution in [-0.2, 0) is 13.0 Å². The third-order valence-corrected chi connectivity index (χ3v) is 4.75. The van der Waals surface area contributed by atoms with Gasteiger partial charge >= 0.3 is 0 Å². The van der Waals surface area contributed by atoms with Crippen molar-refractivity contribution in [1.29, 1.82) is 0 Å². The van der Waals surface area contributed by atoms with E-state index in [4.69, 9.17) is 0 Å². The Morgan fingerprint density at radius 2 is 1.44 bits per heavy atom. The molecule has 132 valence electrons. The first kappa shape index (κ1) is 16.9. The van der Waals surface area contributed by atoms with Crippen molar-refractivity contribution in [3.05, 3.63) is 118 Å². The second-order valence-electron chi connectivity index (χ2n) is 6.62. The van der Waals surface area contributed by atoms with E-state index in [-0.39, 0.29) is 10.6 Å². The molecule has 0 aliphatic heterocycles. The van der Waals surface area contributed by atoms with Crippen LogP contribution in [0.1, 0.15) is 16.7 Å². The Kier molecular flexibility index (Phi) is 4.62. The largest absolute Gasteiger partial charge is 0.269 e. The van der Waals surface area contributed by atoms with Crippen LogP contribution < -0.4 is 4.57 Å². The molecule has 0 unspecified atom stereocenters. The summed E-state index contributed by atoms with van der Waals surface area (Å²) in [6.07, 6.45) is 4.93. The standard InChI is InChI=1S/C23H19N2O2/c26-25(27)22-10-8-18(9-11-22)16-19-12-14-24(15-13-19)17-21-6-3-5-20-4-1-2-7-23(20)21/h1-15H,16-17H2/q+1. The van der Waals surface area contributed by atoms with Crippen LogP contribution in [0.25, 0.3) is 10.8 Å². The SMILES string of the molecule is O=[N+]([O-])c1ccc(Cc2cc[n+](Cc3cccc4ccccc34)cc2)cc1. The monoisotopic (exact) mass is 355 g/mol. The highest BCUT2D eigenvalue weighted by molar-refractivity contribution is 5.85. The fourth-order valence-electron chi connectivity index (χ4n) is 3.31. The number of pyridine rings is 1. The molecule has 3 aromatic carbocycles. The molecule has 4 aromatic rings. The maximum atomic E-state index is 10.7. The van der Waals surface area contributed by atoms with Crippen LogP contribution in [0.5, 0.6) is 0 Å². The zero-order valence-electron chi connectivity index (χ0n) is 14.8. The maximum absolute atomic E-state index is 10.7. The summed E-state index contributed by atoms with van der Waals surface area (Å²) in [5.74, 6) is 0. The van der Waals surface area contributed by atoms with Gasteiger partial charge in [0.05, 0.1) is 4.92 Å². The van der Waals surface area contributed by atoms with Crippen LogP contribution in [0.4, 0.5) is 5.69 Å². The highest BCUT2D eigenvalue weighted by Crippen LogP contribution is 2.18. The minimum atomic E-state index is -0.373. The lowest BCUT2D eigenvalue weighted by molar-refractivity contribution is -0.688. The first-order chi connectivity index (χ1) is 13.2. The number of rotatable bonds is 5. The summed E-state index contributed by atoms with van der Waals surface area (Å²) in [5, 5.41) is 13.3. The number of aromatic nitrogens is 1. The van der Waals surface area contributed by atoms with Crippen molar-refractivity contribution in [2.45, 2.75) is 13.0 Å². The third kappa shape index (κ3) is 3.85. The number of fused-ring (bicyclic) bond motifs is 1. The molecule has 0 atom stereocenters. The molecule has 0 radical (unpaired) electrons. The number of nitrogens with zero attached hydrogens (tertiary/aromatic N) is 2. The van der Waals surface area contributed by atoms with Crippen molar-refractivity contribution in [2.24, 2.45) is 0 Å². The predicted octanol–water partition coefficient (Wildman–Crippen LogP) is 4.67. The van der Waals surface area contributed by atoms with E-state index in [1.807, 2.05) is 12.1 Å². The summed E-state index contributed by atoms with van der Waals surface area (Å²) in [7, 11) is 0. The Bertz CT molecular complexity index is 1080. The second kappa shape index (κ2) is 7.38. The van der Waals surface area contributed by atoms with Gasteiger partial charge in [-0.25, -0.2) is 4.57 Å². The molecule has 0 fully saturated rings. The highest BCUT2D eigenvalue weighted by Gasteiger charge is 2.08. The Balaban J connectivity index is 1.49. The van der Waals surface area contributed by atoms with Gasteiger partial charge in [-0.15, -0.1) is 0 Å². The molecule has 0 spiro atoms. The summed E-state index contributed by atoms with van der Waals surface area (Å²) in [4.78, 5) is 10.4. The second-order valence-corrected chi connectivity index (χ2v) is 6.62. The first-order valence-corrected chi connectivity index (χ1v) is 8.87. The fourth-order valence-corrected chi connectivity index (χ4v) is 3.31. The van der Waals surface area contributed by atoms with E-state index < -0.39 is 0 Å². The van der Waals surface area contributed by atoms with E-state index in [1.54, 1.807) is 12.1 Å². The van der Waals surface area contributed by atoms with Gasteiger partial charge in [0.15, 0.2) is 18.9 Å². The van der Waals surface area contributed by atoms with Gasteiger partial charge in [0.25, 0.3) is 5.69 Å². The highest BCUT2D eigenvalue weighted by atomic mass is 16.6. The van der Waals surface area contributed by atoms with Gasteiger partial charge < -0.3 is 0 Å². The number of nitro groups is 1. The molecule has 0 bridgehead atoms. The van der Waals surface area contributed by atoms with Crippen molar-refractivity contribution < 1.29 is 9.49 Å². The quantitative estimate of drug-likeness (QED) is 0.297. The molecule has 0 amide bonds. The minimum Gasteiger partial charge on any atom is -0.258 e. The third-order valence-electron chi connectivity index (χ3n) is 4.75. The lowest BCUT2D eigenvalue weighted by Crippen LogP contribution is -2.33. The number of hydrogen-bond acceptors (Lipinski definition) is 2. The van der Waals surface area contributed by atoms with Crippen molar-refractivity contribution in [3.8, 4) is 0 Å². The summed E-state index contributed by atoms with van der Waals surface area (Å²) in [5.41, 5.74) is 3.66. The van der Waals surface area contributed by atoms with Crippen LogP contribution >= 0.6 is 0 Å². The Labute approximate surface area is 157 Å². The molecule has 0 aliphatic carbocycles. The van der Waals surface area contributed by atoms with Gasteiger partial charge in [0.1, 0.15) is 0 Å². The average Bonchev–Trinajstić information content (AvgIpc) is 2.70. The number of nitro benzene ring substituents is 1. The number of non-ortho nitro benzene ring substituents is 1. The van der Waals surface area contributed by atoms with E-state index >= 15 is 0 Å². The molecule has 4 heteroatoms. The summed E-state index contributed by atoms with van der Waals surface area (Å²) >= 11 is 0. The molecule has 27 heavy (non-hydrogen) atoms. The van der Waals surface area contributed by atoms with Crippen molar-refractivity contribution >= 4 is 16.5 Å². The lowest BCUT2D eigenvalue weighted by Gasteiger charge is -2.05. The van der Waals surface area contributed by atoms with Gasteiger partial charge in [0, 0.05) is 29.8 Å². The van der Waals surface area contributed by atoms with E-state index in [2.05, 4.69) is 71.6 Å². The Morgan fingerprint density at radius 3 is 2.19 bits per heavy atom. The lowest BCUT2D eigenvalue weighted by atomic mass is 10.0. The van der Waals surface area contributed by atoms with Crippen LogP contribution in [0.3, 0.4) is 0 Å². The number of benzene rings is 3. The molecule has 0 saturated carbocycles. The topological polar surface area (TPSA) is 47.0 Å². The Hall–Kier alpha value is -3.53. The van der Waals surface area contributed by atoms with Crippen molar-refractivity contribution in [1.82, 2.24) is 0 Å². The van der Waals surface area contributed by atoms with Gasteiger partial charge in [-0.3, -0.25) is 10.1 Å². The molecular weight excluding hydrogens is 336 g/mol. The summed E-state index contributed by atoms with van der Waals surface area (Å²) < 4.78 is 2.17. The molecular formula is C23H19N2O2+. The molecule has 4 nitrogen and oxygen atoms in total. The van der Waals surface area contributed by atoms with Gasteiger partial charge in [-0.05, 0) is 28.3 Å². The van der Waals surface area contributed by atoms with Crippen LogP contribution in [0.15, 0.2) is 91.3 Å². The number of hydrogen-bond donors (Lipinski definition) is 0. The minimum absolute atomic E-state index is 0.125. The van der Waals surface area contributed by atoms with Gasteiger partial charge in [-0.2, -0.15) is 0 Å². The van der Waals surface area contributed by atoms with Crippen LogP contribution in [0, 0.1) is 10.1 Å². The fraction of sp³-hybridized carbons (Fsp3) is 0.0870. The molecule has 4 rings (SSSR count). The zero-order chi connectivity index (χ0) is 18.6.